The van der Waals surface area contributed by atoms with E-state index in [1.54, 1.807) is 19.2 Å². The molecule has 1 aliphatic rings. The molecule has 1 aliphatic heterocycles. The minimum Gasteiger partial charge on any atom is -0.466 e. The molecule has 0 amide bonds. The maximum atomic E-state index is 11.7. The zero-order chi connectivity index (χ0) is 17.1. The van der Waals surface area contributed by atoms with Crippen molar-refractivity contribution in [2.75, 3.05) is 6.61 Å². The molecule has 8 heteroatoms. The number of aromatic nitrogens is 2. The first-order valence-electron chi connectivity index (χ1n) is 7.66. The normalized spacial score (nSPS) is 16.0. The number of fused-ring (bicyclic) bond motifs is 1. The van der Waals surface area contributed by atoms with E-state index < -0.39 is 13.2 Å². The lowest BCUT2D eigenvalue weighted by molar-refractivity contribution is -0.145. The van der Waals surface area contributed by atoms with E-state index in [2.05, 4.69) is 9.97 Å². The molecule has 2 heterocycles. The number of carbonyl (C=O) groups is 1. The predicted molar refractivity (Wildman–Crippen MR) is 86.0 cm³/mol. The molecule has 0 radical (unpaired) electrons. The molecule has 0 saturated heterocycles. The maximum Gasteiger partial charge on any atom is 0.492 e. The Morgan fingerprint density at radius 3 is 2.96 bits per heavy atom. The Bertz CT molecular complexity index is 741. The SMILES string of the molecule is CCOC(=O)C[C@@H]1OB(O)c2cc(Oc3cnccn3)cc(C)c21. The molecule has 0 spiro atoms. The van der Waals surface area contributed by atoms with Gasteiger partial charge in [-0.25, -0.2) is 4.98 Å². The Kier molecular flexibility index (Phi) is 4.77. The number of carbonyl (C=O) groups excluding carboxylic acids is 1. The maximum absolute atomic E-state index is 11.7. The predicted octanol–water partition coefficient (Wildman–Crippen LogP) is 1.29. The van der Waals surface area contributed by atoms with Crippen LogP contribution < -0.4 is 10.2 Å². The van der Waals surface area contributed by atoms with E-state index in [1.165, 1.54) is 12.4 Å². The Hall–Kier alpha value is -2.45. The lowest BCUT2D eigenvalue weighted by Gasteiger charge is -2.14. The Morgan fingerprint density at radius 1 is 1.42 bits per heavy atom. The van der Waals surface area contributed by atoms with Crippen LogP contribution in [0.3, 0.4) is 0 Å². The van der Waals surface area contributed by atoms with Gasteiger partial charge in [0, 0.05) is 12.4 Å². The molecule has 7 nitrogen and oxygen atoms in total. The summed E-state index contributed by atoms with van der Waals surface area (Å²) in [5.74, 6) is 0.515. The average Bonchev–Trinajstić information content (AvgIpc) is 2.85. The van der Waals surface area contributed by atoms with Crippen LogP contribution in [0.4, 0.5) is 0 Å². The molecular weight excluding hydrogens is 311 g/mol. The molecule has 1 N–H and O–H groups in total. The molecule has 124 valence electrons. The molecule has 1 aromatic heterocycles. The lowest BCUT2D eigenvalue weighted by atomic mass is 9.77. The summed E-state index contributed by atoms with van der Waals surface area (Å²) in [4.78, 5) is 19.7. The molecule has 3 rings (SSSR count). The van der Waals surface area contributed by atoms with E-state index in [9.17, 15) is 9.82 Å². The number of nitrogens with zero attached hydrogens (tertiary/aromatic N) is 2. The van der Waals surface area contributed by atoms with Crippen LogP contribution in [0.15, 0.2) is 30.7 Å². The third-order valence-electron chi connectivity index (χ3n) is 3.69. The van der Waals surface area contributed by atoms with Gasteiger partial charge in [0.1, 0.15) is 5.75 Å². The molecule has 0 bridgehead atoms. The number of aryl methyl sites for hydroxylation is 1. The Morgan fingerprint density at radius 2 is 2.25 bits per heavy atom. The van der Waals surface area contributed by atoms with Crippen molar-refractivity contribution in [2.24, 2.45) is 0 Å². The number of rotatable bonds is 5. The van der Waals surface area contributed by atoms with E-state index in [0.29, 0.717) is 23.7 Å². The number of benzene rings is 1. The highest BCUT2D eigenvalue weighted by atomic mass is 16.5. The summed E-state index contributed by atoms with van der Waals surface area (Å²) < 4.78 is 16.1. The Balaban J connectivity index is 1.85. The van der Waals surface area contributed by atoms with Gasteiger partial charge in [-0.2, -0.15) is 0 Å². The minimum absolute atomic E-state index is 0.0586. The first-order valence-corrected chi connectivity index (χ1v) is 7.66. The fourth-order valence-electron chi connectivity index (χ4n) is 2.77. The van der Waals surface area contributed by atoms with Crippen LogP contribution in [0.2, 0.25) is 0 Å². The van der Waals surface area contributed by atoms with Crippen molar-refractivity contribution in [1.29, 1.82) is 0 Å². The zero-order valence-corrected chi connectivity index (χ0v) is 13.4. The van der Waals surface area contributed by atoms with Crippen molar-refractivity contribution in [1.82, 2.24) is 9.97 Å². The van der Waals surface area contributed by atoms with Gasteiger partial charge in [-0.1, -0.05) is 0 Å². The molecule has 0 saturated carbocycles. The molecule has 0 fully saturated rings. The van der Waals surface area contributed by atoms with Crippen LogP contribution in [0, 0.1) is 6.92 Å². The number of ether oxygens (including phenoxy) is 2. The summed E-state index contributed by atoms with van der Waals surface area (Å²) in [5, 5.41) is 10.2. The second kappa shape index (κ2) is 6.98. The fourth-order valence-corrected chi connectivity index (χ4v) is 2.77. The van der Waals surface area contributed by atoms with Gasteiger partial charge in [0.2, 0.25) is 5.88 Å². The topological polar surface area (TPSA) is 90.8 Å². The smallest absolute Gasteiger partial charge is 0.466 e. The first-order chi connectivity index (χ1) is 11.6. The van der Waals surface area contributed by atoms with Gasteiger partial charge in [-0.3, -0.25) is 9.78 Å². The van der Waals surface area contributed by atoms with Crippen molar-refractivity contribution < 1.29 is 23.9 Å². The van der Waals surface area contributed by atoms with Crippen LogP contribution >= 0.6 is 0 Å². The summed E-state index contributed by atoms with van der Waals surface area (Å²) >= 11 is 0. The Labute approximate surface area is 139 Å². The van der Waals surface area contributed by atoms with Gasteiger partial charge < -0.3 is 19.2 Å². The lowest BCUT2D eigenvalue weighted by Crippen LogP contribution is -2.28. The second-order valence-corrected chi connectivity index (χ2v) is 5.38. The highest BCUT2D eigenvalue weighted by Gasteiger charge is 2.38. The van der Waals surface area contributed by atoms with E-state index in [-0.39, 0.29) is 12.4 Å². The van der Waals surface area contributed by atoms with Crippen molar-refractivity contribution in [3.8, 4) is 11.6 Å². The number of hydrogen-bond donors (Lipinski definition) is 1. The zero-order valence-electron chi connectivity index (χ0n) is 13.4. The van der Waals surface area contributed by atoms with E-state index in [4.69, 9.17) is 14.1 Å². The van der Waals surface area contributed by atoms with Crippen LogP contribution in [0.1, 0.15) is 30.6 Å². The summed E-state index contributed by atoms with van der Waals surface area (Å²) in [6.07, 6.45) is 4.11. The van der Waals surface area contributed by atoms with Gasteiger partial charge in [0.25, 0.3) is 0 Å². The third kappa shape index (κ3) is 3.39. The standard InChI is InChI=1S/C16H17BN2O5/c1-3-22-15(20)8-13-16-10(2)6-11(7-12(16)17(21)24-13)23-14-9-18-4-5-19-14/h4-7,9,13,21H,3,8H2,1-2H3/t13-/m0/s1. The molecule has 1 aromatic carbocycles. The van der Waals surface area contributed by atoms with Gasteiger partial charge in [-0.05, 0) is 42.6 Å². The minimum atomic E-state index is -1.11. The highest BCUT2D eigenvalue weighted by Crippen LogP contribution is 2.32. The summed E-state index contributed by atoms with van der Waals surface area (Å²) in [6.45, 7) is 3.93. The van der Waals surface area contributed by atoms with Crippen molar-refractivity contribution in [3.05, 3.63) is 41.9 Å². The van der Waals surface area contributed by atoms with Crippen LogP contribution in [-0.2, 0) is 14.2 Å². The molecule has 2 aromatic rings. The van der Waals surface area contributed by atoms with Crippen molar-refractivity contribution >= 4 is 18.6 Å². The largest absolute Gasteiger partial charge is 0.492 e. The van der Waals surface area contributed by atoms with Gasteiger partial charge in [0.05, 0.1) is 25.3 Å². The van der Waals surface area contributed by atoms with Crippen molar-refractivity contribution in [3.63, 3.8) is 0 Å². The van der Waals surface area contributed by atoms with Crippen LogP contribution in [-0.4, -0.2) is 34.7 Å². The molecule has 0 unspecified atom stereocenters. The van der Waals surface area contributed by atoms with Gasteiger partial charge in [-0.15, -0.1) is 0 Å². The van der Waals surface area contributed by atoms with Crippen LogP contribution in [0.5, 0.6) is 11.6 Å². The third-order valence-corrected chi connectivity index (χ3v) is 3.69. The fraction of sp³-hybridized carbons (Fsp3) is 0.312. The molecule has 24 heavy (non-hydrogen) atoms. The molecular formula is C16H17BN2O5. The highest BCUT2D eigenvalue weighted by molar-refractivity contribution is 6.62. The van der Waals surface area contributed by atoms with Crippen LogP contribution in [0.25, 0.3) is 0 Å². The van der Waals surface area contributed by atoms with E-state index in [1.807, 2.05) is 13.0 Å². The van der Waals surface area contributed by atoms with E-state index >= 15 is 0 Å². The summed E-state index contributed by atoms with van der Waals surface area (Å²) in [5.41, 5.74) is 2.24. The number of hydrogen-bond acceptors (Lipinski definition) is 7. The van der Waals surface area contributed by atoms with Crippen molar-refractivity contribution in [2.45, 2.75) is 26.4 Å². The quantitative estimate of drug-likeness (QED) is 0.653. The van der Waals surface area contributed by atoms with E-state index in [0.717, 1.165) is 11.1 Å². The second-order valence-electron chi connectivity index (χ2n) is 5.38. The summed E-state index contributed by atoms with van der Waals surface area (Å²) in [6, 6.07) is 3.50. The molecule has 1 atom stereocenters. The summed E-state index contributed by atoms with van der Waals surface area (Å²) in [7, 11) is -1.11. The molecule has 0 aliphatic carbocycles. The van der Waals surface area contributed by atoms with Gasteiger partial charge >= 0.3 is 13.1 Å². The van der Waals surface area contributed by atoms with Gasteiger partial charge in [0.15, 0.2) is 0 Å². The number of esters is 1. The average molecular weight is 328 g/mol. The monoisotopic (exact) mass is 328 g/mol. The first kappa shape index (κ1) is 16.4.